The number of carbonyl (C=O) groups is 1. The van der Waals surface area contributed by atoms with Gasteiger partial charge in [-0.3, -0.25) is 9.69 Å². The van der Waals surface area contributed by atoms with Crippen molar-refractivity contribution in [1.82, 2.24) is 4.90 Å². The van der Waals surface area contributed by atoms with Crippen LogP contribution in [0.15, 0.2) is 29.3 Å². The predicted octanol–water partition coefficient (Wildman–Crippen LogP) is 1.29. The summed E-state index contributed by atoms with van der Waals surface area (Å²) in [6, 6.07) is 7.82. The van der Waals surface area contributed by atoms with Gasteiger partial charge in [0.15, 0.2) is 0 Å². The van der Waals surface area contributed by atoms with Gasteiger partial charge in [0.1, 0.15) is 0 Å². The minimum atomic E-state index is -0.382. The Labute approximate surface area is 117 Å². The van der Waals surface area contributed by atoms with Gasteiger partial charge in [0.25, 0.3) is 0 Å². The first kappa shape index (κ1) is 13.0. The standard InChI is InChI=1S/C15H17N3O2/c1-17-7-8-18(14(20)10-17)13-4-2-3-12(9-13)15(5-6-15)16-11-19/h2-4,9H,5-8,10H2,1H3. The monoisotopic (exact) mass is 271 g/mol. The van der Waals surface area contributed by atoms with E-state index in [0.29, 0.717) is 13.1 Å². The molecule has 0 bridgehead atoms. The molecule has 5 heteroatoms. The summed E-state index contributed by atoms with van der Waals surface area (Å²) in [6.45, 7) is 2.01. The van der Waals surface area contributed by atoms with Crippen LogP contribution < -0.4 is 4.90 Å². The summed E-state index contributed by atoms with van der Waals surface area (Å²) in [5.74, 6) is 0.111. The number of hydrogen-bond donors (Lipinski definition) is 0. The Morgan fingerprint density at radius 1 is 1.30 bits per heavy atom. The van der Waals surface area contributed by atoms with E-state index in [-0.39, 0.29) is 11.4 Å². The molecule has 1 saturated heterocycles. The van der Waals surface area contributed by atoms with Crippen molar-refractivity contribution in [3.8, 4) is 0 Å². The second-order valence-corrected chi connectivity index (χ2v) is 5.57. The lowest BCUT2D eigenvalue weighted by molar-refractivity contribution is -0.120. The molecule has 2 aliphatic rings. The zero-order valence-electron chi connectivity index (χ0n) is 11.5. The highest BCUT2D eigenvalue weighted by Gasteiger charge is 2.45. The maximum absolute atomic E-state index is 12.1. The lowest BCUT2D eigenvalue weighted by Gasteiger charge is -2.32. The molecule has 1 aromatic rings. The topological polar surface area (TPSA) is 53.0 Å². The first-order valence-corrected chi connectivity index (χ1v) is 6.83. The Morgan fingerprint density at radius 2 is 2.10 bits per heavy atom. The second kappa shape index (κ2) is 4.85. The van der Waals surface area contributed by atoms with E-state index in [1.807, 2.05) is 41.1 Å². The fourth-order valence-electron chi connectivity index (χ4n) is 2.70. The van der Waals surface area contributed by atoms with Crippen LogP contribution in [0.5, 0.6) is 0 Å². The van der Waals surface area contributed by atoms with Crippen molar-refractivity contribution in [3.05, 3.63) is 29.8 Å². The molecule has 0 aromatic heterocycles. The number of isocyanates is 1. The SMILES string of the molecule is CN1CCN(c2cccc(C3(N=C=O)CC3)c2)C(=O)C1. The third kappa shape index (κ3) is 2.26. The molecule has 0 N–H and O–H groups in total. The number of piperazine rings is 1. The minimum absolute atomic E-state index is 0.111. The quantitative estimate of drug-likeness (QED) is 0.615. The number of amides is 1. The fraction of sp³-hybridized carbons (Fsp3) is 0.467. The first-order valence-electron chi connectivity index (χ1n) is 6.83. The number of aliphatic imine (C=N–C) groups is 1. The van der Waals surface area contributed by atoms with Gasteiger partial charge in [-0.15, -0.1) is 0 Å². The van der Waals surface area contributed by atoms with Crippen LogP contribution in [0.1, 0.15) is 18.4 Å². The van der Waals surface area contributed by atoms with E-state index in [1.54, 1.807) is 6.08 Å². The molecule has 1 heterocycles. The number of likely N-dealkylation sites (N-methyl/N-ethyl adjacent to an activating group) is 1. The van der Waals surface area contributed by atoms with Crippen molar-refractivity contribution in [2.24, 2.45) is 4.99 Å². The van der Waals surface area contributed by atoms with Crippen LogP contribution in [0.25, 0.3) is 0 Å². The van der Waals surface area contributed by atoms with Crippen LogP contribution in [0.4, 0.5) is 5.69 Å². The van der Waals surface area contributed by atoms with Crippen molar-refractivity contribution >= 4 is 17.7 Å². The largest absolute Gasteiger partial charge is 0.310 e. The van der Waals surface area contributed by atoms with Gasteiger partial charge in [0.2, 0.25) is 12.0 Å². The molecule has 2 fully saturated rings. The number of carbonyl (C=O) groups excluding carboxylic acids is 2. The molecule has 1 amide bonds. The summed E-state index contributed by atoms with van der Waals surface area (Å²) >= 11 is 0. The number of anilines is 1. The smallest absolute Gasteiger partial charge is 0.241 e. The van der Waals surface area contributed by atoms with E-state index in [2.05, 4.69) is 4.99 Å². The zero-order chi connectivity index (χ0) is 14.2. The maximum atomic E-state index is 12.1. The Balaban J connectivity index is 1.88. The van der Waals surface area contributed by atoms with Gasteiger partial charge in [-0.1, -0.05) is 12.1 Å². The van der Waals surface area contributed by atoms with Gasteiger partial charge in [0.05, 0.1) is 12.1 Å². The van der Waals surface area contributed by atoms with Crippen molar-refractivity contribution in [2.45, 2.75) is 18.4 Å². The summed E-state index contributed by atoms with van der Waals surface area (Å²) in [7, 11) is 1.95. The van der Waals surface area contributed by atoms with Crippen LogP contribution in [-0.4, -0.2) is 43.6 Å². The lowest BCUT2D eigenvalue weighted by atomic mass is 10.0. The Bertz CT molecular complexity index is 589. The van der Waals surface area contributed by atoms with Gasteiger partial charge >= 0.3 is 0 Å². The Kier molecular flexibility index (Phi) is 3.16. The molecule has 1 aromatic carbocycles. The first-order chi connectivity index (χ1) is 9.64. The van der Waals surface area contributed by atoms with Crippen LogP contribution in [0.2, 0.25) is 0 Å². The molecular formula is C15H17N3O2. The van der Waals surface area contributed by atoms with Gasteiger partial charge in [0, 0.05) is 18.8 Å². The van der Waals surface area contributed by atoms with E-state index in [0.717, 1.165) is 30.6 Å². The summed E-state index contributed by atoms with van der Waals surface area (Å²) in [5, 5.41) is 0. The third-order valence-electron chi connectivity index (χ3n) is 4.09. The van der Waals surface area contributed by atoms with Crippen molar-refractivity contribution in [2.75, 3.05) is 31.6 Å². The van der Waals surface area contributed by atoms with Crippen LogP contribution in [-0.2, 0) is 15.1 Å². The van der Waals surface area contributed by atoms with Gasteiger partial charge in [-0.05, 0) is 37.6 Å². The predicted molar refractivity (Wildman–Crippen MR) is 75.3 cm³/mol. The fourth-order valence-corrected chi connectivity index (χ4v) is 2.70. The highest BCUT2D eigenvalue weighted by Crippen LogP contribution is 2.49. The molecular weight excluding hydrogens is 254 g/mol. The van der Waals surface area contributed by atoms with Gasteiger partial charge in [-0.2, -0.15) is 4.99 Å². The molecule has 0 atom stereocenters. The molecule has 1 aliphatic heterocycles. The average molecular weight is 271 g/mol. The molecule has 1 saturated carbocycles. The van der Waals surface area contributed by atoms with Crippen molar-refractivity contribution < 1.29 is 9.59 Å². The van der Waals surface area contributed by atoms with Crippen molar-refractivity contribution in [3.63, 3.8) is 0 Å². The van der Waals surface area contributed by atoms with Gasteiger partial charge in [-0.25, -0.2) is 4.79 Å². The lowest BCUT2D eigenvalue weighted by Crippen LogP contribution is -2.48. The maximum Gasteiger partial charge on any atom is 0.241 e. The molecule has 5 nitrogen and oxygen atoms in total. The molecule has 104 valence electrons. The number of benzene rings is 1. The molecule has 0 unspecified atom stereocenters. The number of hydrogen-bond acceptors (Lipinski definition) is 4. The minimum Gasteiger partial charge on any atom is -0.310 e. The summed E-state index contributed by atoms with van der Waals surface area (Å²) in [5.41, 5.74) is 1.52. The van der Waals surface area contributed by atoms with E-state index in [9.17, 15) is 9.59 Å². The van der Waals surface area contributed by atoms with E-state index < -0.39 is 0 Å². The molecule has 20 heavy (non-hydrogen) atoms. The molecule has 0 spiro atoms. The van der Waals surface area contributed by atoms with Crippen LogP contribution >= 0.6 is 0 Å². The molecule has 3 rings (SSSR count). The number of rotatable bonds is 3. The normalized spacial score (nSPS) is 21.4. The van der Waals surface area contributed by atoms with Gasteiger partial charge < -0.3 is 4.90 Å². The average Bonchev–Trinajstić information content (AvgIpc) is 3.20. The summed E-state index contributed by atoms with van der Waals surface area (Å²) in [4.78, 5) is 30.4. The zero-order valence-corrected chi connectivity index (χ0v) is 11.5. The van der Waals surface area contributed by atoms with E-state index >= 15 is 0 Å². The molecule has 1 aliphatic carbocycles. The van der Waals surface area contributed by atoms with E-state index in [4.69, 9.17) is 0 Å². The molecule has 0 radical (unpaired) electrons. The summed E-state index contributed by atoms with van der Waals surface area (Å²) < 4.78 is 0. The Morgan fingerprint density at radius 3 is 2.75 bits per heavy atom. The third-order valence-corrected chi connectivity index (χ3v) is 4.09. The van der Waals surface area contributed by atoms with Crippen LogP contribution in [0, 0.1) is 0 Å². The summed E-state index contributed by atoms with van der Waals surface area (Å²) in [6.07, 6.45) is 3.43. The highest BCUT2D eigenvalue weighted by molar-refractivity contribution is 5.95. The van der Waals surface area contributed by atoms with Crippen LogP contribution in [0.3, 0.4) is 0 Å². The van der Waals surface area contributed by atoms with Crippen molar-refractivity contribution in [1.29, 1.82) is 0 Å². The highest BCUT2D eigenvalue weighted by atomic mass is 16.2. The van der Waals surface area contributed by atoms with E-state index in [1.165, 1.54) is 0 Å². The second-order valence-electron chi connectivity index (χ2n) is 5.57. The Hall–Kier alpha value is -1.97. The number of nitrogens with zero attached hydrogens (tertiary/aromatic N) is 3.